The number of hydrogen-bond acceptors (Lipinski definition) is 3. The van der Waals surface area contributed by atoms with E-state index in [4.69, 9.17) is 0 Å². The summed E-state index contributed by atoms with van der Waals surface area (Å²) in [5, 5.41) is 0. The van der Waals surface area contributed by atoms with Crippen LogP contribution in [0.2, 0.25) is 0 Å². The van der Waals surface area contributed by atoms with Gasteiger partial charge in [-0.15, -0.1) is 0 Å². The number of aryl methyl sites for hydroxylation is 1. The molecule has 0 aliphatic rings. The van der Waals surface area contributed by atoms with Gasteiger partial charge in [-0.25, -0.2) is 0 Å². The molecule has 0 unspecified atom stereocenters. The minimum Gasteiger partial charge on any atom is -0.376 e. The Balaban J connectivity index is 0.00000232. The standard InChI is InChI=1S/C14H19F3O3S.C2H6/c1-4-7-10-8-9-13(12(6-3)11(10)5-2)20-21(18,19)14(15,16)17;1-2/h8-9H,4-7H2,1-3H3;1-2H3. The molecule has 0 heterocycles. The highest BCUT2D eigenvalue weighted by molar-refractivity contribution is 7.88. The van der Waals surface area contributed by atoms with Crippen LogP contribution in [0.5, 0.6) is 5.75 Å². The lowest BCUT2D eigenvalue weighted by molar-refractivity contribution is -0.0500. The van der Waals surface area contributed by atoms with Crippen LogP contribution in [0.4, 0.5) is 13.2 Å². The molecule has 0 aromatic heterocycles. The summed E-state index contributed by atoms with van der Waals surface area (Å²) in [6, 6.07) is 2.95. The molecule has 1 aromatic carbocycles. The topological polar surface area (TPSA) is 43.4 Å². The number of alkyl halides is 3. The van der Waals surface area contributed by atoms with Gasteiger partial charge in [-0.05, 0) is 42.0 Å². The van der Waals surface area contributed by atoms with Gasteiger partial charge in [0.25, 0.3) is 0 Å². The van der Waals surface area contributed by atoms with Crippen LogP contribution in [0.1, 0.15) is 57.7 Å². The summed E-state index contributed by atoms with van der Waals surface area (Å²) >= 11 is 0. The van der Waals surface area contributed by atoms with E-state index in [-0.39, 0.29) is 5.75 Å². The Morgan fingerprint density at radius 3 is 1.91 bits per heavy atom. The van der Waals surface area contributed by atoms with E-state index in [1.54, 1.807) is 13.0 Å². The van der Waals surface area contributed by atoms with E-state index in [0.29, 0.717) is 18.4 Å². The zero-order valence-electron chi connectivity index (χ0n) is 14.3. The first-order chi connectivity index (χ1) is 10.7. The first-order valence-corrected chi connectivity index (χ1v) is 9.23. The molecule has 0 fully saturated rings. The lowest BCUT2D eigenvalue weighted by atomic mass is 9.94. The second-order valence-corrected chi connectivity index (χ2v) is 6.16. The van der Waals surface area contributed by atoms with Crippen molar-refractivity contribution in [3.63, 3.8) is 0 Å². The third-order valence-corrected chi connectivity index (χ3v) is 4.16. The van der Waals surface area contributed by atoms with Gasteiger partial charge in [-0.1, -0.05) is 47.1 Å². The van der Waals surface area contributed by atoms with E-state index in [0.717, 1.165) is 24.0 Å². The molecule has 3 nitrogen and oxygen atoms in total. The maximum Gasteiger partial charge on any atom is 0.534 e. The van der Waals surface area contributed by atoms with E-state index in [1.165, 1.54) is 6.07 Å². The first kappa shape index (κ1) is 21.8. The highest BCUT2D eigenvalue weighted by Gasteiger charge is 2.48. The molecule has 0 aliphatic heterocycles. The fraction of sp³-hybridized carbons (Fsp3) is 0.625. The predicted molar refractivity (Wildman–Crippen MR) is 86.1 cm³/mol. The van der Waals surface area contributed by atoms with Crippen LogP contribution in [0.25, 0.3) is 0 Å². The second kappa shape index (κ2) is 9.15. The van der Waals surface area contributed by atoms with E-state index < -0.39 is 15.6 Å². The second-order valence-electron chi connectivity index (χ2n) is 4.62. The SMILES string of the molecule is CC.CCCc1ccc(OS(=O)(=O)C(F)(F)F)c(CC)c1CC. The van der Waals surface area contributed by atoms with Gasteiger partial charge in [0.15, 0.2) is 0 Å². The Labute approximate surface area is 137 Å². The van der Waals surface area contributed by atoms with Crippen LogP contribution in [0, 0.1) is 0 Å². The van der Waals surface area contributed by atoms with Crippen LogP contribution in [-0.4, -0.2) is 13.9 Å². The molecule has 0 amide bonds. The molecule has 1 rings (SSSR count). The van der Waals surface area contributed by atoms with Crippen molar-refractivity contribution in [1.82, 2.24) is 0 Å². The third-order valence-electron chi connectivity index (χ3n) is 3.19. The van der Waals surface area contributed by atoms with Gasteiger partial charge in [-0.2, -0.15) is 21.6 Å². The fourth-order valence-corrected chi connectivity index (χ4v) is 2.78. The summed E-state index contributed by atoms with van der Waals surface area (Å²) in [7, 11) is -5.63. The summed E-state index contributed by atoms with van der Waals surface area (Å²) in [4.78, 5) is 0. The van der Waals surface area contributed by atoms with E-state index in [2.05, 4.69) is 4.18 Å². The Hall–Kier alpha value is -1.24. The molecule has 1 aromatic rings. The van der Waals surface area contributed by atoms with Crippen molar-refractivity contribution in [3.8, 4) is 5.75 Å². The average molecular weight is 354 g/mol. The Morgan fingerprint density at radius 1 is 1.00 bits per heavy atom. The zero-order valence-corrected chi connectivity index (χ0v) is 15.1. The van der Waals surface area contributed by atoms with Gasteiger partial charge in [0.1, 0.15) is 5.75 Å². The van der Waals surface area contributed by atoms with Crippen molar-refractivity contribution < 1.29 is 25.8 Å². The molecule has 0 atom stereocenters. The molecule has 0 bridgehead atoms. The van der Waals surface area contributed by atoms with Crippen molar-refractivity contribution in [2.24, 2.45) is 0 Å². The molecular weight excluding hydrogens is 329 g/mol. The molecule has 0 spiro atoms. The van der Waals surface area contributed by atoms with Crippen LogP contribution >= 0.6 is 0 Å². The lowest BCUT2D eigenvalue weighted by Crippen LogP contribution is -2.28. The van der Waals surface area contributed by atoms with Gasteiger partial charge in [-0.3, -0.25) is 0 Å². The number of benzene rings is 1. The van der Waals surface area contributed by atoms with E-state index >= 15 is 0 Å². The maximum absolute atomic E-state index is 12.4. The van der Waals surface area contributed by atoms with Crippen LogP contribution < -0.4 is 4.18 Å². The van der Waals surface area contributed by atoms with E-state index in [9.17, 15) is 21.6 Å². The zero-order chi connectivity index (χ0) is 18.3. The van der Waals surface area contributed by atoms with Crippen LogP contribution in [0.15, 0.2) is 12.1 Å². The summed E-state index contributed by atoms with van der Waals surface area (Å²) in [5.74, 6) is -0.230. The summed E-state index contributed by atoms with van der Waals surface area (Å²) in [6.07, 6.45) is 2.71. The number of halogens is 3. The number of rotatable bonds is 6. The van der Waals surface area contributed by atoms with Gasteiger partial charge < -0.3 is 4.18 Å². The summed E-state index contributed by atoms with van der Waals surface area (Å²) in [5.41, 5.74) is -3.01. The summed E-state index contributed by atoms with van der Waals surface area (Å²) in [6.45, 7) is 9.65. The largest absolute Gasteiger partial charge is 0.534 e. The summed E-state index contributed by atoms with van der Waals surface area (Å²) < 4.78 is 63.9. The molecular formula is C16H25F3O3S. The van der Waals surface area contributed by atoms with Crippen molar-refractivity contribution >= 4 is 10.1 Å². The molecule has 134 valence electrons. The Morgan fingerprint density at radius 2 is 1.52 bits per heavy atom. The minimum absolute atomic E-state index is 0.230. The van der Waals surface area contributed by atoms with Crippen LogP contribution in [-0.2, 0) is 29.4 Å². The van der Waals surface area contributed by atoms with Gasteiger partial charge >= 0.3 is 15.6 Å². The fourth-order valence-electron chi connectivity index (χ4n) is 2.30. The molecule has 0 N–H and O–H groups in total. The van der Waals surface area contributed by atoms with Crippen molar-refractivity contribution in [1.29, 1.82) is 0 Å². The van der Waals surface area contributed by atoms with E-state index in [1.807, 2.05) is 27.7 Å². The van der Waals surface area contributed by atoms with Gasteiger partial charge in [0.2, 0.25) is 0 Å². The Bertz CT molecular complexity index is 593. The molecule has 7 heteroatoms. The van der Waals surface area contributed by atoms with Gasteiger partial charge in [0.05, 0.1) is 0 Å². The highest BCUT2D eigenvalue weighted by atomic mass is 32.2. The quantitative estimate of drug-likeness (QED) is 0.532. The predicted octanol–water partition coefficient (Wildman–Crippen LogP) is 5.02. The Kier molecular flexibility index (Phi) is 8.66. The van der Waals surface area contributed by atoms with Crippen LogP contribution in [0.3, 0.4) is 0 Å². The van der Waals surface area contributed by atoms with Gasteiger partial charge in [0, 0.05) is 0 Å². The monoisotopic (exact) mass is 354 g/mol. The molecule has 0 saturated carbocycles. The average Bonchev–Trinajstić information content (AvgIpc) is 2.49. The highest BCUT2D eigenvalue weighted by Crippen LogP contribution is 2.32. The molecule has 0 aliphatic carbocycles. The normalized spacial score (nSPS) is 11.7. The van der Waals surface area contributed by atoms with Crippen molar-refractivity contribution in [2.75, 3.05) is 0 Å². The molecule has 23 heavy (non-hydrogen) atoms. The number of hydrogen-bond donors (Lipinski definition) is 0. The molecule has 0 radical (unpaired) electrons. The smallest absolute Gasteiger partial charge is 0.376 e. The van der Waals surface area contributed by atoms with Crippen molar-refractivity contribution in [2.45, 2.75) is 65.8 Å². The first-order valence-electron chi connectivity index (χ1n) is 7.82. The lowest BCUT2D eigenvalue weighted by Gasteiger charge is -2.17. The third kappa shape index (κ3) is 5.41. The maximum atomic E-state index is 12.4. The minimum atomic E-state index is -5.63. The van der Waals surface area contributed by atoms with Crippen molar-refractivity contribution in [3.05, 3.63) is 28.8 Å². The molecule has 0 saturated heterocycles.